The second-order valence-corrected chi connectivity index (χ2v) is 5.54. The third-order valence-corrected chi connectivity index (χ3v) is 3.46. The summed E-state index contributed by atoms with van der Waals surface area (Å²) in [4.78, 5) is 8.18. The highest BCUT2D eigenvalue weighted by atomic mass is 35.5. The van der Waals surface area contributed by atoms with Crippen molar-refractivity contribution in [3.8, 4) is 17.1 Å². The van der Waals surface area contributed by atoms with Crippen molar-refractivity contribution in [3.05, 3.63) is 65.3 Å². The molecule has 0 unspecified atom stereocenters. The van der Waals surface area contributed by atoms with E-state index in [1.807, 2.05) is 0 Å². The van der Waals surface area contributed by atoms with Crippen LogP contribution in [-0.4, -0.2) is 15.1 Å². The van der Waals surface area contributed by atoms with Gasteiger partial charge in [-0.1, -0.05) is 29.8 Å². The lowest BCUT2D eigenvalue weighted by atomic mass is 10.1. The van der Waals surface area contributed by atoms with Crippen molar-refractivity contribution in [2.75, 3.05) is 5.32 Å². The van der Waals surface area contributed by atoms with Crippen LogP contribution >= 0.6 is 11.6 Å². The summed E-state index contributed by atoms with van der Waals surface area (Å²) in [5.74, 6) is 0.405. The van der Waals surface area contributed by atoms with Gasteiger partial charge in [-0.25, -0.2) is 9.97 Å². The minimum absolute atomic E-state index is 0.0567. The Bertz CT molecular complexity index is 916. The van der Waals surface area contributed by atoms with Crippen molar-refractivity contribution >= 4 is 23.1 Å². The number of benzene rings is 2. The summed E-state index contributed by atoms with van der Waals surface area (Å²) in [6.07, 6.45) is -4.46. The van der Waals surface area contributed by atoms with Gasteiger partial charge in [-0.05, 0) is 24.3 Å². The number of nitrogens with one attached hydrogen (secondary N) is 1. The molecule has 0 fully saturated rings. The van der Waals surface area contributed by atoms with Gasteiger partial charge >= 0.3 is 6.18 Å². The number of phenolic OH excluding ortho intramolecular Hbond substituents is 1. The fourth-order valence-corrected chi connectivity index (χ4v) is 2.36. The summed E-state index contributed by atoms with van der Waals surface area (Å²) < 4.78 is 38.6. The Morgan fingerprint density at radius 2 is 1.72 bits per heavy atom. The molecule has 25 heavy (non-hydrogen) atoms. The Hall–Kier alpha value is -2.80. The number of aromatic nitrogens is 2. The number of halogens is 4. The lowest BCUT2D eigenvalue weighted by Gasteiger charge is -2.10. The molecule has 3 rings (SSSR count). The molecular weight excluding hydrogens is 355 g/mol. The Kier molecular flexibility index (Phi) is 4.50. The fourth-order valence-electron chi connectivity index (χ4n) is 2.18. The van der Waals surface area contributed by atoms with E-state index in [0.29, 0.717) is 5.69 Å². The molecule has 0 amide bonds. The zero-order valence-electron chi connectivity index (χ0n) is 12.5. The third-order valence-electron chi connectivity index (χ3n) is 3.26. The van der Waals surface area contributed by atoms with E-state index in [9.17, 15) is 18.3 Å². The van der Waals surface area contributed by atoms with Crippen molar-refractivity contribution in [2.24, 2.45) is 0 Å². The summed E-state index contributed by atoms with van der Waals surface area (Å²) in [6.45, 7) is 0. The molecule has 0 radical (unpaired) electrons. The average Bonchev–Trinajstić information content (AvgIpc) is 2.54. The van der Waals surface area contributed by atoms with Gasteiger partial charge in [-0.2, -0.15) is 13.2 Å². The second-order valence-electron chi connectivity index (χ2n) is 5.15. The zero-order valence-corrected chi connectivity index (χ0v) is 13.3. The van der Waals surface area contributed by atoms with E-state index in [-0.39, 0.29) is 28.1 Å². The van der Waals surface area contributed by atoms with Crippen molar-refractivity contribution < 1.29 is 18.3 Å². The molecule has 128 valence electrons. The van der Waals surface area contributed by atoms with Crippen LogP contribution in [0.25, 0.3) is 11.4 Å². The maximum Gasteiger partial charge on any atom is 0.416 e. The van der Waals surface area contributed by atoms with Crippen molar-refractivity contribution in [3.63, 3.8) is 0 Å². The molecule has 2 N–H and O–H groups in total. The van der Waals surface area contributed by atoms with Crippen LogP contribution < -0.4 is 5.32 Å². The highest BCUT2D eigenvalue weighted by Gasteiger charge is 2.30. The first kappa shape index (κ1) is 17.0. The van der Waals surface area contributed by atoms with Gasteiger partial charge < -0.3 is 10.4 Å². The smallest absolute Gasteiger partial charge is 0.416 e. The van der Waals surface area contributed by atoms with Gasteiger partial charge in [-0.3, -0.25) is 0 Å². The van der Waals surface area contributed by atoms with Crippen LogP contribution in [0.5, 0.6) is 5.75 Å². The molecule has 0 aliphatic heterocycles. The molecule has 2 aromatic carbocycles. The number of hydrogen-bond acceptors (Lipinski definition) is 4. The number of anilines is 2. The Morgan fingerprint density at radius 3 is 2.44 bits per heavy atom. The van der Waals surface area contributed by atoms with Crippen LogP contribution in [0.1, 0.15) is 5.56 Å². The van der Waals surface area contributed by atoms with Gasteiger partial charge in [0.1, 0.15) is 16.7 Å². The van der Waals surface area contributed by atoms with E-state index in [4.69, 9.17) is 11.6 Å². The van der Waals surface area contributed by atoms with Crippen molar-refractivity contribution in [1.29, 1.82) is 0 Å². The SMILES string of the molecule is Oc1cccc(Nc2cc(Cl)nc(-c3cccc(C(F)(F)F)c3)n2)c1. The first-order valence-corrected chi connectivity index (χ1v) is 7.47. The van der Waals surface area contributed by atoms with Gasteiger partial charge in [0, 0.05) is 23.4 Å². The topological polar surface area (TPSA) is 58.0 Å². The highest BCUT2D eigenvalue weighted by molar-refractivity contribution is 6.29. The molecule has 0 spiro atoms. The normalized spacial score (nSPS) is 11.4. The van der Waals surface area contributed by atoms with E-state index in [2.05, 4.69) is 15.3 Å². The van der Waals surface area contributed by atoms with Gasteiger partial charge in [-0.15, -0.1) is 0 Å². The van der Waals surface area contributed by atoms with E-state index in [1.54, 1.807) is 12.1 Å². The van der Waals surface area contributed by atoms with E-state index in [0.717, 1.165) is 12.1 Å². The summed E-state index contributed by atoms with van der Waals surface area (Å²) >= 11 is 5.96. The first-order valence-electron chi connectivity index (χ1n) is 7.09. The second kappa shape index (κ2) is 6.60. The lowest BCUT2D eigenvalue weighted by Crippen LogP contribution is -2.05. The molecule has 3 aromatic rings. The number of rotatable bonds is 3. The third kappa shape index (κ3) is 4.19. The summed E-state index contributed by atoms with van der Waals surface area (Å²) in [5.41, 5.74) is -0.0582. The molecule has 1 aromatic heterocycles. The summed E-state index contributed by atoms with van der Waals surface area (Å²) in [5, 5.41) is 12.5. The molecular formula is C17H11ClF3N3O. The van der Waals surface area contributed by atoms with E-state index < -0.39 is 11.7 Å². The molecule has 0 atom stereocenters. The molecule has 1 heterocycles. The zero-order chi connectivity index (χ0) is 18.0. The van der Waals surface area contributed by atoms with Gasteiger partial charge in [0.05, 0.1) is 5.56 Å². The molecule has 0 saturated heterocycles. The molecule has 0 bridgehead atoms. The number of phenols is 1. The number of alkyl halides is 3. The lowest BCUT2D eigenvalue weighted by molar-refractivity contribution is -0.137. The maximum absolute atomic E-state index is 12.9. The standard InChI is InChI=1S/C17H11ClF3N3O/c18-14-9-15(22-12-5-2-6-13(25)8-12)24-16(23-14)10-3-1-4-11(7-10)17(19,20)21/h1-9,25H,(H,22,23,24). The highest BCUT2D eigenvalue weighted by Crippen LogP contribution is 2.32. The van der Waals surface area contributed by atoms with Crippen molar-refractivity contribution in [2.45, 2.75) is 6.18 Å². The molecule has 0 saturated carbocycles. The van der Waals surface area contributed by atoms with Gasteiger partial charge in [0.15, 0.2) is 5.82 Å². The fraction of sp³-hybridized carbons (Fsp3) is 0.0588. The van der Waals surface area contributed by atoms with Crippen molar-refractivity contribution in [1.82, 2.24) is 9.97 Å². The van der Waals surface area contributed by atoms with Crippen LogP contribution in [0.4, 0.5) is 24.7 Å². The molecule has 0 aliphatic rings. The monoisotopic (exact) mass is 365 g/mol. The molecule has 8 heteroatoms. The first-order chi connectivity index (χ1) is 11.8. The van der Waals surface area contributed by atoms with Crippen LogP contribution in [0.2, 0.25) is 5.15 Å². The summed E-state index contributed by atoms with van der Waals surface area (Å²) in [6, 6.07) is 12.4. The molecule has 0 aliphatic carbocycles. The van der Waals surface area contributed by atoms with E-state index >= 15 is 0 Å². The minimum atomic E-state index is -4.46. The summed E-state index contributed by atoms with van der Waals surface area (Å²) in [7, 11) is 0. The predicted molar refractivity (Wildman–Crippen MR) is 88.9 cm³/mol. The predicted octanol–water partition coefficient (Wildman–Crippen LogP) is 5.27. The molecule has 4 nitrogen and oxygen atoms in total. The van der Waals surface area contributed by atoms with Crippen LogP contribution in [0.15, 0.2) is 54.6 Å². The van der Waals surface area contributed by atoms with E-state index in [1.165, 1.54) is 30.3 Å². The van der Waals surface area contributed by atoms with Crippen LogP contribution in [0, 0.1) is 0 Å². The quantitative estimate of drug-likeness (QED) is 0.621. The number of hydrogen-bond donors (Lipinski definition) is 2. The minimum Gasteiger partial charge on any atom is -0.508 e. The Labute approximate surface area is 145 Å². The van der Waals surface area contributed by atoms with Crippen LogP contribution in [-0.2, 0) is 6.18 Å². The van der Waals surface area contributed by atoms with Gasteiger partial charge in [0.25, 0.3) is 0 Å². The largest absolute Gasteiger partial charge is 0.508 e. The number of aromatic hydroxyl groups is 1. The average molecular weight is 366 g/mol. The van der Waals surface area contributed by atoms with Gasteiger partial charge in [0.2, 0.25) is 0 Å². The van der Waals surface area contributed by atoms with Crippen LogP contribution in [0.3, 0.4) is 0 Å². The maximum atomic E-state index is 12.9. The Morgan fingerprint density at radius 1 is 0.960 bits per heavy atom. The number of nitrogens with zero attached hydrogens (tertiary/aromatic N) is 2. The Balaban J connectivity index is 1.97.